The summed E-state index contributed by atoms with van der Waals surface area (Å²) in [6.45, 7) is 1.48. The van der Waals surface area contributed by atoms with Crippen LogP contribution in [-0.2, 0) is 18.0 Å². The molecule has 0 fully saturated rings. The maximum atomic E-state index is 12.6. The first-order valence-corrected chi connectivity index (χ1v) is 7.63. The van der Waals surface area contributed by atoms with Gasteiger partial charge in [0.05, 0.1) is 17.2 Å². The van der Waals surface area contributed by atoms with Crippen LogP contribution in [0, 0.1) is 0 Å². The summed E-state index contributed by atoms with van der Waals surface area (Å²) in [5.41, 5.74) is -0.166. The third-order valence-electron chi connectivity index (χ3n) is 3.72. The topological polar surface area (TPSA) is 59.3 Å². The average Bonchev–Trinajstić information content (AvgIpc) is 2.79. The van der Waals surface area contributed by atoms with Crippen LogP contribution < -0.4 is 0 Å². The monoisotopic (exact) mass is 403 g/mol. The molecule has 0 radical (unpaired) electrons. The van der Waals surface area contributed by atoms with Crippen LogP contribution in [0.5, 0.6) is 0 Å². The molecule has 0 bridgehead atoms. The number of carbonyl (C=O) groups excluding carboxylic acids is 1. The molecule has 128 valence electrons. The highest BCUT2D eigenvalue weighted by molar-refractivity contribution is 9.10. The lowest BCUT2D eigenvalue weighted by Crippen LogP contribution is -2.15. The van der Waals surface area contributed by atoms with Gasteiger partial charge in [-0.2, -0.15) is 13.2 Å². The molecule has 0 saturated carbocycles. The van der Waals surface area contributed by atoms with Crippen LogP contribution in [0.25, 0.3) is 0 Å². The Kier molecular flexibility index (Phi) is 4.89. The number of halogens is 4. The fourth-order valence-corrected chi connectivity index (χ4v) is 3.20. The van der Waals surface area contributed by atoms with Gasteiger partial charge in [0.1, 0.15) is 0 Å². The minimum Gasteiger partial charge on any atom is -0.481 e. The van der Waals surface area contributed by atoms with Crippen LogP contribution in [0.3, 0.4) is 0 Å². The largest absolute Gasteiger partial charge is 0.481 e. The van der Waals surface area contributed by atoms with E-state index in [2.05, 4.69) is 15.9 Å². The Morgan fingerprint density at radius 2 is 1.75 bits per heavy atom. The summed E-state index contributed by atoms with van der Waals surface area (Å²) in [7, 11) is 1.54. The van der Waals surface area contributed by atoms with E-state index in [4.69, 9.17) is 5.11 Å². The van der Waals surface area contributed by atoms with E-state index < -0.39 is 29.4 Å². The van der Waals surface area contributed by atoms with Gasteiger partial charge in [0, 0.05) is 22.8 Å². The Morgan fingerprint density at radius 1 is 1.21 bits per heavy atom. The molecule has 0 amide bonds. The molecule has 1 aromatic heterocycles. The third-order valence-corrected chi connectivity index (χ3v) is 4.35. The van der Waals surface area contributed by atoms with Crippen molar-refractivity contribution < 1.29 is 27.9 Å². The predicted octanol–water partition coefficient (Wildman–Crippen LogP) is 4.23. The van der Waals surface area contributed by atoms with Crippen molar-refractivity contribution in [2.45, 2.75) is 19.0 Å². The van der Waals surface area contributed by atoms with Crippen molar-refractivity contribution in [3.63, 3.8) is 0 Å². The quantitative estimate of drug-likeness (QED) is 0.777. The summed E-state index contributed by atoms with van der Waals surface area (Å²) in [5.74, 6) is -2.39. The van der Waals surface area contributed by atoms with Crippen molar-refractivity contribution >= 4 is 27.7 Å². The molecule has 24 heavy (non-hydrogen) atoms. The maximum absolute atomic E-state index is 12.6. The van der Waals surface area contributed by atoms with E-state index in [0.29, 0.717) is 10.2 Å². The fourth-order valence-electron chi connectivity index (χ4n) is 2.37. The van der Waals surface area contributed by atoms with Crippen LogP contribution in [0.15, 0.2) is 34.8 Å². The minimum atomic E-state index is -4.47. The van der Waals surface area contributed by atoms with Crippen molar-refractivity contribution in [2.24, 2.45) is 7.05 Å². The van der Waals surface area contributed by atoms with Gasteiger partial charge in [-0.15, -0.1) is 0 Å². The summed E-state index contributed by atoms with van der Waals surface area (Å²) < 4.78 is 39.6. The molecule has 1 N–H and O–H groups in total. The Bertz CT molecular complexity index is 794. The number of carbonyl (C=O) groups is 2. The van der Waals surface area contributed by atoms with Gasteiger partial charge in [-0.3, -0.25) is 9.59 Å². The zero-order chi connectivity index (χ0) is 18.2. The second kappa shape index (κ2) is 6.43. The van der Waals surface area contributed by atoms with E-state index in [0.717, 1.165) is 24.3 Å². The first kappa shape index (κ1) is 18.3. The van der Waals surface area contributed by atoms with E-state index in [1.807, 2.05) is 0 Å². The van der Waals surface area contributed by atoms with Crippen molar-refractivity contribution in [3.05, 3.63) is 57.3 Å². The highest BCUT2D eigenvalue weighted by Crippen LogP contribution is 2.31. The minimum absolute atomic E-state index is 0.0885. The molecule has 2 aromatic rings. The molecule has 0 aliphatic carbocycles. The van der Waals surface area contributed by atoms with Gasteiger partial charge in [-0.1, -0.05) is 12.1 Å². The summed E-state index contributed by atoms with van der Waals surface area (Å²) in [5, 5.41) is 9.13. The smallest absolute Gasteiger partial charge is 0.416 e. The highest BCUT2D eigenvalue weighted by Gasteiger charge is 2.30. The number of rotatable bonds is 4. The summed E-state index contributed by atoms with van der Waals surface area (Å²) in [6.07, 6.45) is -4.47. The number of alkyl halides is 3. The number of hydrogen-bond donors (Lipinski definition) is 1. The summed E-state index contributed by atoms with van der Waals surface area (Å²) in [4.78, 5) is 23.7. The van der Waals surface area contributed by atoms with Crippen LogP contribution in [0.4, 0.5) is 13.2 Å². The van der Waals surface area contributed by atoms with Gasteiger partial charge in [-0.25, -0.2) is 0 Å². The summed E-state index contributed by atoms with van der Waals surface area (Å²) in [6, 6.07) is 5.35. The number of benzene rings is 1. The standard InChI is InChI=1S/C16H13BrF3NO3/c1-8(15(23)24)13-11(17)7-12(21(13)2)14(22)9-3-5-10(6-4-9)16(18,19)20/h3-8H,1-2H3,(H,23,24). The SMILES string of the molecule is CC(C(=O)O)c1c(Br)cc(C(=O)c2ccc(C(F)(F)F)cc2)n1C. The third kappa shape index (κ3) is 3.38. The molecule has 1 unspecified atom stereocenters. The van der Waals surface area contributed by atoms with E-state index in [1.165, 1.54) is 24.6 Å². The molecule has 1 atom stereocenters. The second-order valence-corrected chi connectivity index (χ2v) is 6.14. The Hall–Kier alpha value is -2.09. The zero-order valence-electron chi connectivity index (χ0n) is 12.7. The van der Waals surface area contributed by atoms with Gasteiger partial charge in [0.15, 0.2) is 0 Å². The van der Waals surface area contributed by atoms with Gasteiger partial charge >= 0.3 is 12.1 Å². The summed E-state index contributed by atoms with van der Waals surface area (Å²) >= 11 is 3.23. The van der Waals surface area contributed by atoms with E-state index >= 15 is 0 Å². The van der Waals surface area contributed by atoms with Crippen LogP contribution in [0.2, 0.25) is 0 Å². The predicted molar refractivity (Wildman–Crippen MR) is 84.0 cm³/mol. The number of hydrogen-bond acceptors (Lipinski definition) is 2. The average molecular weight is 404 g/mol. The van der Waals surface area contributed by atoms with Crippen LogP contribution >= 0.6 is 15.9 Å². The van der Waals surface area contributed by atoms with Crippen LogP contribution in [0.1, 0.15) is 40.2 Å². The lowest BCUT2D eigenvalue weighted by molar-refractivity contribution is -0.139. The number of ketones is 1. The Balaban J connectivity index is 2.41. The van der Waals surface area contributed by atoms with Crippen molar-refractivity contribution in [2.75, 3.05) is 0 Å². The molecular formula is C16H13BrF3NO3. The molecule has 1 aromatic carbocycles. The lowest BCUT2D eigenvalue weighted by Gasteiger charge is -2.11. The van der Waals surface area contributed by atoms with Crippen molar-refractivity contribution in [3.8, 4) is 0 Å². The van der Waals surface area contributed by atoms with Gasteiger partial charge in [0.2, 0.25) is 5.78 Å². The Labute approximate surface area is 144 Å². The number of nitrogens with zero attached hydrogens (tertiary/aromatic N) is 1. The molecular weight excluding hydrogens is 391 g/mol. The molecule has 8 heteroatoms. The Morgan fingerprint density at radius 3 is 2.21 bits per heavy atom. The van der Waals surface area contributed by atoms with E-state index in [9.17, 15) is 22.8 Å². The number of aromatic nitrogens is 1. The maximum Gasteiger partial charge on any atom is 0.416 e. The van der Waals surface area contributed by atoms with E-state index in [-0.39, 0.29) is 11.3 Å². The molecule has 2 rings (SSSR count). The first-order chi connectivity index (χ1) is 11.0. The molecule has 1 heterocycles. The molecule has 0 saturated heterocycles. The molecule has 4 nitrogen and oxygen atoms in total. The number of carboxylic acid groups (broad SMARTS) is 1. The van der Waals surface area contributed by atoms with Gasteiger partial charge in [0.25, 0.3) is 0 Å². The zero-order valence-corrected chi connectivity index (χ0v) is 14.3. The molecule has 0 aliphatic heterocycles. The van der Waals surface area contributed by atoms with Gasteiger partial charge in [-0.05, 0) is 41.1 Å². The van der Waals surface area contributed by atoms with Crippen LogP contribution in [-0.4, -0.2) is 21.4 Å². The normalized spacial score (nSPS) is 12.9. The first-order valence-electron chi connectivity index (χ1n) is 6.84. The molecule has 0 spiro atoms. The fraction of sp³-hybridized carbons (Fsp3) is 0.250. The second-order valence-electron chi connectivity index (χ2n) is 5.29. The highest BCUT2D eigenvalue weighted by atomic mass is 79.9. The number of carboxylic acids is 1. The number of aliphatic carboxylic acids is 1. The van der Waals surface area contributed by atoms with Gasteiger partial charge < -0.3 is 9.67 Å². The van der Waals surface area contributed by atoms with Crippen molar-refractivity contribution in [1.82, 2.24) is 4.57 Å². The van der Waals surface area contributed by atoms with Crippen molar-refractivity contribution in [1.29, 1.82) is 0 Å². The molecule has 0 aliphatic rings. The lowest BCUT2D eigenvalue weighted by atomic mass is 10.1. The van der Waals surface area contributed by atoms with E-state index in [1.54, 1.807) is 0 Å².